The fraction of sp³-hybridized carbons (Fsp3) is 0.412. The van der Waals surface area contributed by atoms with Crippen LogP contribution in [0.15, 0.2) is 24.3 Å². The first-order valence-electron chi connectivity index (χ1n) is 8.25. The highest BCUT2D eigenvalue weighted by Crippen LogP contribution is 2.33. The van der Waals surface area contributed by atoms with Crippen LogP contribution < -0.4 is 5.32 Å². The molecule has 0 bridgehead atoms. The molecule has 0 saturated carbocycles. The molecular formula is C17H17N3O3S2. The second-order valence-corrected chi connectivity index (χ2v) is 8.52. The summed E-state index contributed by atoms with van der Waals surface area (Å²) in [5.41, 5.74) is 1.00. The van der Waals surface area contributed by atoms with Gasteiger partial charge in [0.05, 0.1) is 15.2 Å². The summed E-state index contributed by atoms with van der Waals surface area (Å²) in [4.78, 5) is 42.0. The normalized spacial score (nSPS) is 23.9. The Kier molecular flexibility index (Phi) is 4.47. The molecule has 4 rings (SSSR count). The van der Waals surface area contributed by atoms with Crippen LogP contribution in [0.2, 0.25) is 0 Å². The lowest BCUT2D eigenvalue weighted by Gasteiger charge is -2.32. The average molecular weight is 375 g/mol. The lowest BCUT2D eigenvalue weighted by atomic mass is 9.98. The number of imide groups is 1. The van der Waals surface area contributed by atoms with Gasteiger partial charge in [-0.1, -0.05) is 23.9 Å². The minimum absolute atomic E-state index is 0.0619. The maximum atomic E-state index is 12.6. The first-order valence-corrected chi connectivity index (χ1v) is 9.94. The number of hydrogen-bond donors (Lipinski definition) is 1. The number of carbonyl (C=O) groups is 3. The molecule has 1 aromatic carbocycles. The Labute approximate surface area is 153 Å². The fourth-order valence-corrected chi connectivity index (χ4v) is 5.19. The van der Waals surface area contributed by atoms with Crippen LogP contribution in [0.1, 0.15) is 30.2 Å². The minimum atomic E-state index is -0.595. The minimum Gasteiger partial charge on any atom is -0.342 e. The highest BCUT2D eigenvalue weighted by Gasteiger charge is 2.35. The number of para-hydroxylation sites is 1. The summed E-state index contributed by atoms with van der Waals surface area (Å²) in [6, 6.07) is 8.06. The van der Waals surface area contributed by atoms with Crippen LogP contribution in [0.25, 0.3) is 10.2 Å². The number of fused-ring (bicyclic) bond motifs is 1. The van der Waals surface area contributed by atoms with Gasteiger partial charge in [-0.2, -0.15) is 0 Å². The molecule has 3 amide bonds. The van der Waals surface area contributed by atoms with Crippen molar-refractivity contribution in [2.75, 3.05) is 13.1 Å². The highest BCUT2D eigenvalue weighted by molar-refractivity contribution is 8.15. The average Bonchev–Trinajstić information content (AvgIpc) is 3.18. The van der Waals surface area contributed by atoms with Crippen molar-refractivity contribution in [2.45, 2.75) is 30.4 Å². The number of amides is 3. The molecule has 1 N–H and O–H groups in total. The van der Waals surface area contributed by atoms with Crippen molar-refractivity contribution in [2.24, 2.45) is 0 Å². The molecule has 0 unspecified atom stereocenters. The molecule has 3 heterocycles. The number of thioether (sulfide) groups is 1. The summed E-state index contributed by atoms with van der Waals surface area (Å²) in [5, 5.41) is 2.34. The number of piperidine rings is 1. The fourth-order valence-electron chi connectivity index (χ4n) is 3.29. The number of hydrogen-bond acceptors (Lipinski definition) is 6. The van der Waals surface area contributed by atoms with Gasteiger partial charge in [0.2, 0.25) is 11.8 Å². The SMILES string of the molecule is O=C1NC(=O)[C@@H](CC(=O)N2CCC[C@H](c3nc4ccccc4s3)C2)S1. The van der Waals surface area contributed by atoms with Crippen molar-refractivity contribution >= 4 is 50.4 Å². The van der Waals surface area contributed by atoms with Crippen LogP contribution in [0, 0.1) is 0 Å². The molecule has 2 aliphatic heterocycles. The summed E-state index contributed by atoms with van der Waals surface area (Å²) in [5.74, 6) is -0.182. The van der Waals surface area contributed by atoms with E-state index in [0.29, 0.717) is 13.1 Å². The van der Waals surface area contributed by atoms with E-state index in [9.17, 15) is 14.4 Å². The van der Waals surface area contributed by atoms with Crippen molar-refractivity contribution in [3.8, 4) is 0 Å². The monoisotopic (exact) mass is 375 g/mol. The molecule has 0 spiro atoms. The topological polar surface area (TPSA) is 79.4 Å². The van der Waals surface area contributed by atoms with E-state index in [0.717, 1.165) is 35.1 Å². The van der Waals surface area contributed by atoms with E-state index in [1.54, 1.807) is 11.3 Å². The van der Waals surface area contributed by atoms with Gasteiger partial charge < -0.3 is 4.90 Å². The van der Waals surface area contributed by atoms with Crippen molar-refractivity contribution in [3.63, 3.8) is 0 Å². The van der Waals surface area contributed by atoms with E-state index < -0.39 is 5.25 Å². The molecule has 130 valence electrons. The molecule has 1 aromatic heterocycles. The molecule has 2 aliphatic rings. The van der Waals surface area contributed by atoms with Gasteiger partial charge in [0, 0.05) is 25.4 Å². The van der Waals surface area contributed by atoms with Crippen molar-refractivity contribution in [1.29, 1.82) is 0 Å². The zero-order valence-corrected chi connectivity index (χ0v) is 15.1. The predicted octanol–water partition coefficient (Wildman–Crippen LogP) is 2.74. The maximum absolute atomic E-state index is 12.6. The Morgan fingerprint density at radius 3 is 2.92 bits per heavy atom. The molecule has 2 saturated heterocycles. The van der Waals surface area contributed by atoms with Gasteiger partial charge in [-0.15, -0.1) is 11.3 Å². The summed E-state index contributed by atoms with van der Waals surface area (Å²) in [6.45, 7) is 1.33. The summed E-state index contributed by atoms with van der Waals surface area (Å²) < 4.78 is 1.17. The Hall–Kier alpha value is -1.93. The van der Waals surface area contributed by atoms with Crippen LogP contribution in [0.3, 0.4) is 0 Å². The molecule has 6 nitrogen and oxygen atoms in total. The second-order valence-electron chi connectivity index (χ2n) is 6.29. The molecule has 25 heavy (non-hydrogen) atoms. The smallest absolute Gasteiger partial charge is 0.286 e. The van der Waals surface area contributed by atoms with E-state index >= 15 is 0 Å². The van der Waals surface area contributed by atoms with Crippen LogP contribution >= 0.6 is 23.1 Å². The number of benzene rings is 1. The number of carbonyl (C=O) groups excluding carboxylic acids is 3. The first-order chi connectivity index (χ1) is 12.1. The Morgan fingerprint density at radius 1 is 1.32 bits per heavy atom. The van der Waals surface area contributed by atoms with E-state index in [2.05, 4.69) is 11.4 Å². The number of nitrogens with one attached hydrogen (secondary N) is 1. The molecule has 2 fully saturated rings. The summed E-state index contributed by atoms with van der Waals surface area (Å²) >= 11 is 2.60. The van der Waals surface area contributed by atoms with E-state index in [1.807, 2.05) is 23.1 Å². The Morgan fingerprint density at radius 2 is 2.16 bits per heavy atom. The highest BCUT2D eigenvalue weighted by atomic mass is 32.2. The third-order valence-electron chi connectivity index (χ3n) is 4.56. The number of likely N-dealkylation sites (tertiary alicyclic amines) is 1. The van der Waals surface area contributed by atoms with E-state index in [-0.39, 0.29) is 29.4 Å². The zero-order valence-electron chi connectivity index (χ0n) is 13.4. The zero-order chi connectivity index (χ0) is 17.4. The van der Waals surface area contributed by atoms with Gasteiger partial charge >= 0.3 is 0 Å². The first kappa shape index (κ1) is 16.5. The number of aromatic nitrogens is 1. The maximum Gasteiger partial charge on any atom is 0.286 e. The third-order valence-corrected chi connectivity index (χ3v) is 6.74. The van der Waals surface area contributed by atoms with Gasteiger partial charge in [-0.3, -0.25) is 19.7 Å². The van der Waals surface area contributed by atoms with Gasteiger partial charge in [0.1, 0.15) is 5.25 Å². The van der Waals surface area contributed by atoms with Crippen molar-refractivity contribution in [1.82, 2.24) is 15.2 Å². The molecular weight excluding hydrogens is 358 g/mol. The van der Waals surface area contributed by atoms with Crippen molar-refractivity contribution < 1.29 is 14.4 Å². The van der Waals surface area contributed by atoms with Gasteiger partial charge in [-0.05, 0) is 25.0 Å². The molecule has 2 atom stereocenters. The molecule has 8 heteroatoms. The van der Waals surface area contributed by atoms with Crippen LogP contribution in [-0.2, 0) is 9.59 Å². The number of rotatable bonds is 3. The Bertz CT molecular complexity index is 818. The molecule has 2 aromatic rings. The van der Waals surface area contributed by atoms with Gasteiger partial charge in [0.25, 0.3) is 5.24 Å². The van der Waals surface area contributed by atoms with Gasteiger partial charge in [-0.25, -0.2) is 4.98 Å². The van der Waals surface area contributed by atoms with Crippen LogP contribution in [-0.4, -0.2) is 45.3 Å². The summed E-state index contributed by atoms with van der Waals surface area (Å²) in [6.07, 6.45) is 2.02. The third kappa shape index (κ3) is 3.41. The standard InChI is InChI=1S/C17H17N3O3S2/c21-14(8-13-15(22)19-17(23)25-13)20-7-3-4-10(9-20)16-18-11-5-1-2-6-12(11)24-16/h1-2,5-6,10,13H,3-4,7-9H2,(H,19,22,23)/t10-,13+/m0/s1. The molecule has 0 aliphatic carbocycles. The quantitative estimate of drug-likeness (QED) is 0.892. The van der Waals surface area contributed by atoms with E-state index in [1.165, 1.54) is 4.70 Å². The molecule has 0 radical (unpaired) electrons. The van der Waals surface area contributed by atoms with Crippen molar-refractivity contribution in [3.05, 3.63) is 29.3 Å². The Balaban J connectivity index is 1.44. The van der Waals surface area contributed by atoms with Crippen LogP contribution in [0.4, 0.5) is 4.79 Å². The van der Waals surface area contributed by atoms with Gasteiger partial charge in [0.15, 0.2) is 0 Å². The number of nitrogens with zero attached hydrogens (tertiary/aromatic N) is 2. The van der Waals surface area contributed by atoms with Crippen LogP contribution in [0.5, 0.6) is 0 Å². The second kappa shape index (κ2) is 6.76. The summed E-state index contributed by atoms with van der Waals surface area (Å²) in [7, 11) is 0. The number of thiazole rings is 1. The van der Waals surface area contributed by atoms with E-state index in [4.69, 9.17) is 4.98 Å². The predicted molar refractivity (Wildman–Crippen MR) is 97.7 cm³/mol. The lowest BCUT2D eigenvalue weighted by Crippen LogP contribution is -2.41. The lowest BCUT2D eigenvalue weighted by molar-refractivity contribution is -0.134. The largest absolute Gasteiger partial charge is 0.342 e.